The summed E-state index contributed by atoms with van der Waals surface area (Å²) in [7, 11) is 0. The molecule has 4 rings (SSSR count). The lowest BCUT2D eigenvalue weighted by Crippen LogP contribution is -2.09. The van der Waals surface area contributed by atoms with Gasteiger partial charge in [0.1, 0.15) is 5.69 Å². The second-order valence-corrected chi connectivity index (χ2v) is 5.98. The monoisotopic (exact) mass is 372 g/mol. The van der Waals surface area contributed by atoms with Crippen LogP contribution in [0.3, 0.4) is 0 Å². The van der Waals surface area contributed by atoms with Gasteiger partial charge in [0.25, 0.3) is 5.95 Å². The molecule has 0 aliphatic rings. The normalized spacial score (nSPS) is 10.6. The molecular weight excluding hydrogens is 356 g/mol. The van der Waals surface area contributed by atoms with Crippen LogP contribution in [0.2, 0.25) is 0 Å². The Bertz CT molecular complexity index is 1080. The average molecular weight is 372 g/mol. The summed E-state index contributed by atoms with van der Waals surface area (Å²) in [5.41, 5.74) is 3.38. The fourth-order valence-electron chi connectivity index (χ4n) is 2.81. The minimum Gasteiger partial charge on any atom is -0.492 e. The van der Waals surface area contributed by atoms with Crippen molar-refractivity contribution in [2.75, 3.05) is 5.32 Å². The lowest BCUT2D eigenvalue weighted by atomic mass is 10.1. The molecule has 3 aromatic heterocycles. The van der Waals surface area contributed by atoms with E-state index in [9.17, 15) is 9.90 Å². The molecule has 0 atom stereocenters. The molecule has 0 unspecified atom stereocenters. The number of hydrogen-bond acceptors (Lipinski definition) is 6. The zero-order valence-corrected chi connectivity index (χ0v) is 14.7. The highest BCUT2D eigenvalue weighted by Gasteiger charge is 2.16. The van der Waals surface area contributed by atoms with E-state index in [4.69, 9.17) is 0 Å². The van der Waals surface area contributed by atoms with E-state index in [1.54, 1.807) is 24.7 Å². The third kappa shape index (κ3) is 3.56. The van der Waals surface area contributed by atoms with Crippen LogP contribution in [0, 0.1) is 0 Å². The number of carbonyl (C=O) groups is 1. The highest BCUT2D eigenvalue weighted by Crippen LogP contribution is 2.27. The smallest absolute Gasteiger partial charge is 0.254 e. The standard InChI is InChI=1S/C20H16N6O2/c27-13-22-18-17(24-20(25-19(18)28)26-10-4-9-23-26)11-14-7-8-16(21-12-14)15-5-2-1-3-6-15/h1-10,12-13H,11H2,(H,22,27)(H,24,25,28). The minimum absolute atomic E-state index is 0.165. The number of rotatable bonds is 6. The molecule has 0 fully saturated rings. The summed E-state index contributed by atoms with van der Waals surface area (Å²) in [5, 5.41) is 16.8. The summed E-state index contributed by atoms with van der Waals surface area (Å²) in [6.45, 7) is 0. The summed E-state index contributed by atoms with van der Waals surface area (Å²) in [6, 6.07) is 15.5. The van der Waals surface area contributed by atoms with Gasteiger partial charge in [-0.3, -0.25) is 9.78 Å². The van der Waals surface area contributed by atoms with E-state index in [1.807, 2.05) is 42.5 Å². The first-order valence-corrected chi connectivity index (χ1v) is 8.55. The van der Waals surface area contributed by atoms with Gasteiger partial charge >= 0.3 is 0 Å². The third-order valence-corrected chi connectivity index (χ3v) is 4.13. The zero-order valence-electron chi connectivity index (χ0n) is 14.7. The number of aromatic nitrogens is 5. The maximum Gasteiger partial charge on any atom is 0.254 e. The van der Waals surface area contributed by atoms with Crippen LogP contribution in [0.1, 0.15) is 11.3 Å². The molecule has 0 aliphatic heterocycles. The predicted octanol–water partition coefficient (Wildman–Crippen LogP) is 2.59. The number of amides is 1. The van der Waals surface area contributed by atoms with E-state index in [0.717, 1.165) is 16.8 Å². The summed E-state index contributed by atoms with van der Waals surface area (Å²) in [6.07, 6.45) is 5.83. The lowest BCUT2D eigenvalue weighted by Gasteiger charge is -2.11. The molecule has 1 aromatic carbocycles. The van der Waals surface area contributed by atoms with Gasteiger partial charge in [-0.2, -0.15) is 10.1 Å². The van der Waals surface area contributed by atoms with E-state index in [0.29, 0.717) is 18.5 Å². The van der Waals surface area contributed by atoms with Gasteiger partial charge in [0.05, 0.1) is 11.4 Å². The van der Waals surface area contributed by atoms with Crippen molar-refractivity contribution in [2.24, 2.45) is 0 Å². The van der Waals surface area contributed by atoms with Crippen molar-refractivity contribution < 1.29 is 9.90 Å². The predicted molar refractivity (Wildman–Crippen MR) is 103 cm³/mol. The number of anilines is 1. The van der Waals surface area contributed by atoms with Crippen LogP contribution in [0.5, 0.6) is 5.88 Å². The summed E-state index contributed by atoms with van der Waals surface area (Å²) >= 11 is 0. The van der Waals surface area contributed by atoms with Gasteiger partial charge in [0.15, 0.2) is 0 Å². The zero-order chi connectivity index (χ0) is 19.3. The number of nitrogens with zero attached hydrogens (tertiary/aromatic N) is 5. The van der Waals surface area contributed by atoms with Gasteiger partial charge in [-0.15, -0.1) is 0 Å². The minimum atomic E-state index is -0.323. The molecule has 3 heterocycles. The van der Waals surface area contributed by atoms with Crippen molar-refractivity contribution in [2.45, 2.75) is 6.42 Å². The van der Waals surface area contributed by atoms with E-state index >= 15 is 0 Å². The Morgan fingerprint density at radius 1 is 1.07 bits per heavy atom. The van der Waals surface area contributed by atoms with Gasteiger partial charge in [0.2, 0.25) is 12.3 Å². The molecule has 0 aliphatic carbocycles. The van der Waals surface area contributed by atoms with Crippen LogP contribution in [0.15, 0.2) is 67.1 Å². The molecule has 8 heteroatoms. The van der Waals surface area contributed by atoms with Crippen molar-refractivity contribution in [3.05, 3.63) is 78.4 Å². The summed E-state index contributed by atoms with van der Waals surface area (Å²) in [5.74, 6) is -0.112. The second kappa shape index (κ2) is 7.67. The number of nitrogens with one attached hydrogen (secondary N) is 1. The van der Waals surface area contributed by atoms with Gasteiger partial charge in [-0.25, -0.2) is 9.67 Å². The molecule has 0 bridgehead atoms. The lowest BCUT2D eigenvalue weighted by molar-refractivity contribution is -0.105. The largest absolute Gasteiger partial charge is 0.492 e. The van der Waals surface area contributed by atoms with Gasteiger partial charge in [0, 0.05) is 30.6 Å². The van der Waals surface area contributed by atoms with E-state index in [-0.39, 0.29) is 17.5 Å². The third-order valence-electron chi connectivity index (χ3n) is 4.13. The second-order valence-electron chi connectivity index (χ2n) is 5.98. The Morgan fingerprint density at radius 2 is 1.93 bits per heavy atom. The van der Waals surface area contributed by atoms with Crippen LogP contribution >= 0.6 is 0 Å². The van der Waals surface area contributed by atoms with Crippen LogP contribution in [0.25, 0.3) is 17.2 Å². The molecule has 4 aromatic rings. The molecule has 28 heavy (non-hydrogen) atoms. The Morgan fingerprint density at radius 3 is 2.61 bits per heavy atom. The Hall–Kier alpha value is -4.07. The van der Waals surface area contributed by atoms with E-state index in [1.165, 1.54) is 4.68 Å². The van der Waals surface area contributed by atoms with Gasteiger partial charge in [-0.1, -0.05) is 36.4 Å². The number of carbonyl (C=O) groups excluding carboxylic acids is 1. The number of pyridine rings is 1. The molecule has 0 saturated heterocycles. The highest BCUT2D eigenvalue weighted by molar-refractivity contribution is 5.76. The van der Waals surface area contributed by atoms with Crippen molar-refractivity contribution in [1.82, 2.24) is 24.7 Å². The number of benzene rings is 1. The first-order chi connectivity index (χ1) is 13.7. The molecular formula is C20H16N6O2. The molecule has 138 valence electrons. The fourth-order valence-corrected chi connectivity index (χ4v) is 2.81. The van der Waals surface area contributed by atoms with Crippen molar-refractivity contribution >= 4 is 12.1 Å². The van der Waals surface area contributed by atoms with Gasteiger partial charge in [-0.05, 0) is 17.7 Å². The van der Waals surface area contributed by atoms with E-state index < -0.39 is 0 Å². The summed E-state index contributed by atoms with van der Waals surface area (Å²) in [4.78, 5) is 23.9. The highest BCUT2D eigenvalue weighted by atomic mass is 16.3. The van der Waals surface area contributed by atoms with E-state index in [2.05, 4.69) is 25.4 Å². The van der Waals surface area contributed by atoms with Crippen LogP contribution in [-0.2, 0) is 11.2 Å². The van der Waals surface area contributed by atoms with Crippen LogP contribution < -0.4 is 5.32 Å². The quantitative estimate of drug-likeness (QED) is 0.504. The maximum atomic E-state index is 10.9. The Balaban J connectivity index is 1.67. The van der Waals surface area contributed by atoms with Crippen molar-refractivity contribution in [1.29, 1.82) is 0 Å². The van der Waals surface area contributed by atoms with Crippen LogP contribution in [-0.4, -0.2) is 36.2 Å². The number of aromatic hydroxyl groups is 1. The molecule has 2 N–H and O–H groups in total. The molecule has 1 amide bonds. The maximum absolute atomic E-state index is 10.9. The van der Waals surface area contributed by atoms with Crippen molar-refractivity contribution in [3.8, 4) is 23.1 Å². The SMILES string of the molecule is O=CNc1c(O)nc(-n2cccn2)nc1Cc1ccc(-c2ccccc2)nc1. The molecule has 0 saturated carbocycles. The Kier molecular flexibility index (Phi) is 4.75. The molecule has 0 radical (unpaired) electrons. The topological polar surface area (TPSA) is 106 Å². The molecule has 8 nitrogen and oxygen atoms in total. The first kappa shape index (κ1) is 17.3. The first-order valence-electron chi connectivity index (χ1n) is 8.55. The fraction of sp³-hybridized carbons (Fsp3) is 0.0500. The Labute approximate surface area is 160 Å². The van der Waals surface area contributed by atoms with Gasteiger partial charge < -0.3 is 10.4 Å². The van der Waals surface area contributed by atoms with Crippen molar-refractivity contribution in [3.63, 3.8) is 0 Å². The molecule has 0 spiro atoms. The summed E-state index contributed by atoms with van der Waals surface area (Å²) < 4.78 is 1.44. The number of hydrogen-bond donors (Lipinski definition) is 2. The average Bonchev–Trinajstić information content (AvgIpc) is 3.26. The van der Waals surface area contributed by atoms with Crippen LogP contribution in [0.4, 0.5) is 5.69 Å².